The Hall–Kier alpha value is -3.42. The Morgan fingerprint density at radius 1 is 1.17 bits per heavy atom. The van der Waals surface area contributed by atoms with E-state index in [4.69, 9.17) is 0 Å². The van der Waals surface area contributed by atoms with Gasteiger partial charge in [0.15, 0.2) is 0 Å². The summed E-state index contributed by atoms with van der Waals surface area (Å²) in [5.74, 6) is -0.608. The summed E-state index contributed by atoms with van der Waals surface area (Å²) in [5.41, 5.74) is 2.00. The third kappa shape index (κ3) is 4.21. The van der Waals surface area contributed by atoms with E-state index in [9.17, 15) is 23.5 Å². The molecular formula is C21H20F2N2O4. The van der Waals surface area contributed by atoms with Crippen LogP contribution in [0.5, 0.6) is 11.5 Å². The van der Waals surface area contributed by atoms with Gasteiger partial charge in [0.05, 0.1) is 11.9 Å². The first-order valence-electron chi connectivity index (χ1n) is 9.01. The zero-order valence-corrected chi connectivity index (χ0v) is 15.9. The van der Waals surface area contributed by atoms with Crippen molar-refractivity contribution in [2.75, 3.05) is 6.54 Å². The van der Waals surface area contributed by atoms with Crippen molar-refractivity contribution in [1.82, 2.24) is 9.88 Å². The zero-order valence-electron chi connectivity index (χ0n) is 15.9. The van der Waals surface area contributed by atoms with Crippen molar-refractivity contribution in [3.05, 3.63) is 59.3 Å². The van der Waals surface area contributed by atoms with Crippen molar-refractivity contribution in [1.29, 1.82) is 0 Å². The number of nitrogens with zero attached hydrogens (tertiary/aromatic N) is 1. The summed E-state index contributed by atoms with van der Waals surface area (Å²) in [7, 11) is 0. The van der Waals surface area contributed by atoms with E-state index in [1.54, 1.807) is 13.0 Å². The minimum atomic E-state index is -2.95. The number of fused-ring (bicyclic) bond motifs is 1. The number of hydrogen-bond donors (Lipinski definition) is 2. The Bertz CT molecular complexity index is 1060. The molecule has 1 heterocycles. The minimum absolute atomic E-state index is 0.0211. The number of alkyl halides is 2. The number of benzene rings is 2. The van der Waals surface area contributed by atoms with Gasteiger partial charge >= 0.3 is 6.61 Å². The Morgan fingerprint density at radius 2 is 1.86 bits per heavy atom. The largest absolute Gasteiger partial charge is 0.508 e. The molecule has 0 unspecified atom stereocenters. The number of likely N-dealkylation sites (N-methyl/N-ethyl adjacent to an activating group) is 1. The molecule has 3 aromatic rings. The number of aromatic hydroxyl groups is 1. The first-order valence-corrected chi connectivity index (χ1v) is 9.01. The summed E-state index contributed by atoms with van der Waals surface area (Å²) < 4.78 is 30.4. The van der Waals surface area contributed by atoms with Crippen molar-refractivity contribution in [2.24, 2.45) is 0 Å². The van der Waals surface area contributed by atoms with Crippen LogP contribution in [0.1, 0.15) is 28.5 Å². The number of rotatable bonds is 6. The van der Waals surface area contributed by atoms with Crippen LogP contribution in [0.25, 0.3) is 10.9 Å². The van der Waals surface area contributed by atoms with Gasteiger partial charge in [-0.3, -0.25) is 14.2 Å². The summed E-state index contributed by atoms with van der Waals surface area (Å²) >= 11 is 0. The standard InChI is InChI=1S/C21H20F2N2O4/c1-3-24-19(27)11-16-12(2)25(18-9-6-14(26)10-17(16)18)20(28)13-4-7-15(8-5-13)29-21(22)23/h4-10,21,26H,3,11H2,1-2H3,(H,24,27). The van der Waals surface area contributed by atoms with Gasteiger partial charge in [-0.15, -0.1) is 0 Å². The number of hydrogen-bond acceptors (Lipinski definition) is 4. The Kier molecular flexibility index (Phi) is 5.81. The lowest BCUT2D eigenvalue weighted by Crippen LogP contribution is -2.24. The van der Waals surface area contributed by atoms with E-state index in [0.29, 0.717) is 28.7 Å². The molecule has 3 rings (SSSR count). The fraction of sp³-hybridized carbons (Fsp3) is 0.238. The average molecular weight is 402 g/mol. The van der Waals surface area contributed by atoms with Gasteiger partial charge < -0.3 is 15.2 Å². The number of amides is 1. The maximum Gasteiger partial charge on any atom is 0.387 e. The molecule has 29 heavy (non-hydrogen) atoms. The summed E-state index contributed by atoms with van der Waals surface area (Å²) in [6.07, 6.45) is 0.0566. The average Bonchev–Trinajstić information content (AvgIpc) is 2.93. The number of ether oxygens (including phenoxy) is 1. The fourth-order valence-corrected chi connectivity index (χ4v) is 3.28. The molecule has 0 aliphatic rings. The lowest BCUT2D eigenvalue weighted by molar-refractivity contribution is -0.120. The topological polar surface area (TPSA) is 80.6 Å². The van der Waals surface area contributed by atoms with Crippen LogP contribution >= 0.6 is 0 Å². The Labute approximate surface area is 165 Å². The van der Waals surface area contributed by atoms with E-state index >= 15 is 0 Å². The summed E-state index contributed by atoms with van der Waals surface area (Å²) in [4.78, 5) is 25.3. The molecule has 8 heteroatoms. The molecule has 0 spiro atoms. The van der Waals surface area contributed by atoms with Gasteiger partial charge in [0.1, 0.15) is 11.5 Å². The van der Waals surface area contributed by atoms with Gasteiger partial charge in [-0.2, -0.15) is 8.78 Å². The molecule has 0 radical (unpaired) electrons. The molecule has 0 atom stereocenters. The molecule has 0 fully saturated rings. The van der Waals surface area contributed by atoms with Crippen LogP contribution in [0.15, 0.2) is 42.5 Å². The predicted molar refractivity (Wildman–Crippen MR) is 104 cm³/mol. The summed E-state index contributed by atoms with van der Waals surface area (Å²) in [6, 6.07) is 9.96. The molecule has 1 amide bonds. The predicted octanol–water partition coefficient (Wildman–Crippen LogP) is 3.62. The van der Waals surface area contributed by atoms with Crippen LogP contribution in [0.3, 0.4) is 0 Å². The van der Waals surface area contributed by atoms with E-state index in [2.05, 4.69) is 10.1 Å². The van der Waals surface area contributed by atoms with Crippen molar-refractivity contribution in [3.8, 4) is 11.5 Å². The number of halogens is 2. The fourth-order valence-electron chi connectivity index (χ4n) is 3.28. The van der Waals surface area contributed by atoms with Crippen LogP contribution in [-0.4, -0.2) is 34.6 Å². The Balaban J connectivity index is 2.05. The monoisotopic (exact) mass is 402 g/mol. The number of phenolic OH excluding ortho intramolecular Hbond substituents is 1. The third-order valence-corrected chi connectivity index (χ3v) is 4.56. The van der Waals surface area contributed by atoms with Gasteiger partial charge in [0, 0.05) is 23.2 Å². The molecule has 0 saturated heterocycles. The highest BCUT2D eigenvalue weighted by atomic mass is 19.3. The van der Waals surface area contributed by atoms with Crippen LogP contribution in [0.4, 0.5) is 8.78 Å². The molecular weight excluding hydrogens is 382 g/mol. The normalized spacial score (nSPS) is 11.1. The lowest BCUT2D eigenvalue weighted by Gasteiger charge is -2.09. The first kappa shape index (κ1) is 20.3. The van der Waals surface area contributed by atoms with E-state index in [1.165, 1.54) is 41.0 Å². The quantitative estimate of drug-likeness (QED) is 0.660. The van der Waals surface area contributed by atoms with Crippen LogP contribution < -0.4 is 10.1 Å². The van der Waals surface area contributed by atoms with Gasteiger partial charge in [0.2, 0.25) is 5.91 Å². The van der Waals surface area contributed by atoms with Crippen molar-refractivity contribution in [2.45, 2.75) is 26.9 Å². The Morgan fingerprint density at radius 3 is 2.48 bits per heavy atom. The molecule has 6 nitrogen and oxygen atoms in total. The van der Waals surface area contributed by atoms with Gasteiger partial charge in [-0.25, -0.2) is 0 Å². The van der Waals surface area contributed by atoms with E-state index in [-0.39, 0.29) is 35.3 Å². The highest BCUT2D eigenvalue weighted by Crippen LogP contribution is 2.30. The molecule has 0 aliphatic carbocycles. The SMILES string of the molecule is CCNC(=O)Cc1c(C)n(C(=O)c2ccc(OC(F)F)cc2)c2ccc(O)cc12. The minimum Gasteiger partial charge on any atom is -0.508 e. The maximum atomic E-state index is 13.1. The number of phenols is 1. The van der Waals surface area contributed by atoms with E-state index < -0.39 is 6.61 Å². The van der Waals surface area contributed by atoms with Gasteiger partial charge in [-0.1, -0.05) is 0 Å². The smallest absolute Gasteiger partial charge is 0.387 e. The summed E-state index contributed by atoms with van der Waals surface area (Å²) in [6.45, 7) is 1.06. The van der Waals surface area contributed by atoms with E-state index in [0.717, 1.165) is 0 Å². The second-order valence-electron chi connectivity index (χ2n) is 6.44. The zero-order chi connectivity index (χ0) is 21.1. The van der Waals surface area contributed by atoms with Crippen LogP contribution in [0.2, 0.25) is 0 Å². The van der Waals surface area contributed by atoms with Crippen LogP contribution in [0, 0.1) is 6.92 Å². The number of carbonyl (C=O) groups is 2. The molecule has 2 N–H and O–H groups in total. The van der Waals surface area contributed by atoms with Crippen molar-refractivity contribution >= 4 is 22.7 Å². The molecule has 1 aromatic heterocycles. The molecule has 0 saturated carbocycles. The summed E-state index contributed by atoms with van der Waals surface area (Å²) in [5, 5.41) is 13.2. The van der Waals surface area contributed by atoms with E-state index in [1.807, 2.05) is 6.92 Å². The molecule has 0 aliphatic heterocycles. The number of aromatic nitrogens is 1. The van der Waals surface area contributed by atoms with Crippen molar-refractivity contribution in [3.63, 3.8) is 0 Å². The highest BCUT2D eigenvalue weighted by molar-refractivity contribution is 6.05. The molecule has 152 valence electrons. The van der Waals surface area contributed by atoms with Crippen LogP contribution in [-0.2, 0) is 11.2 Å². The van der Waals surface area contributed by atoms with Crippen molar-refractivity contribution < 1.29 is 28.2 Å². The van der Waals surface area contributed by atoms with Gasteiger partial charge in [-0.05, 0) is 61.9 Å². The lowest BCUT2D eigenvalue weighted by atomic mass is 10.1. The second-order valence-corrected chi connectivity index (χ2v) is 6.44. The highest BCUT2D eigenvalue weighted by Gasteiger charge is 2.22. The second kappa shape index (κ2) is 8.30. The number of carbonyl (C=O) groups excluding carboxylic acids is 2. The first-order chi connectivity index (χ1) is 13.8. The molecule has 0 bridgehead atoms. The third-order valence-electron chi connectivity index (χ3n) is 4.56. The number of nitrogens with one attached hydrogen (secondary N) is 1. The van der Waals surface area contributed by atoms with Gasteiger partial charge in [0.25, 0.3) is 5.91 Å². The molecule has 2 aromatic carbocycles. The maximum absolute atomic E-state index is 13.1.